The number of H-pyrrole nitrogens is 1. The second kappa shape index (κ2) is 7.66. The van der Waals surface area contributed by atoms with Gasteiger partial charge in [-0.15, -0.1) is 0 Å². The van der Waals surface area contributed by atoms with Gasteiger partial charge in [-0.25, -0.2) is 4.98 Å². The fourth-order valence-corrected chi connectivity index (χ4v) is 2.59. The molecule has 0 spiro atoms. The lowest BCUT2D eigenvalue weighted by atomic mass is 9.77. The van der Waals surface area contributed by atoms with Gasteiger partial charge in [0.2, 0.25) is 5.91 Å². The highest BCUT2D eigenvalue weighted by Crippen LogP contribution is 2.31. The number of rotatable bonds is 8. The molecule has 1 aromatic rings. The lowest BCUT2D eigenvalue weighted by Gasteiger charge is -2.31. The minimum Gasteiger partial charge on any atom is -0.409 e. The molecule has 1 aromatic heterocycles. The van der Waals surface area contributed by atoms with E-state index >= 15 is 0 Å². The number of amidine groups is 1. The van der Waals surface area contributed by atoms with Crippen LogP contribution in [0.5, 0.6) is 0 Å². The van der Waals surface area contributed by atoms with Crippen molar-refractivity contribution in [2.24, 2.45) is 16.3 Å². The Balaban J connectivity index is 2.98. The summed E-state index contributed by atoms with van der Waals surface area (Å²) in [5.74, 6) is 0.408. The predicted octanol–water partition coefficient (Wildman–Crippen LogP) is 1.92. The maximum absolute atomic E-state index is 12.7. The summed E-state index contributed by atoms with van der Waals surface area (Å²) in [5, 5.41) is 15.1. The third kappa shape index (κ3) is 3.74. The van der Waals surface area contributed by atoms with E-state index in [2.05, 4.69) is 20.4 Å². The van der Waals surface area contributed by atoms with Crippen molar-refractivity contribution < 1.29 is 10.0 Å². The van der Waals surface area contributed by atoms with Gasteiger partial charge in [0.05, 0.1) is 6.04 Å². The molecule has 0 saturated carbocycles. The lowest BCUT2D eigenvalue weighted by molar-refractivity contribution is -0.129. The second-order valence-electron chi connectivity index (χ2n) is 5.24. The van der Waals surface area contributed by atoms with Gasteiger partial charge < -0.3 is 21.2 Å². The number of imidazole rings is 1. The van der Waals surface area contributed by atoms with Crippen molar-refractivity contribution in [1.29, 1.82) is 0 Å². The van der Waals surface area contributed by atoms with Gasteiger partial charge in [0.15, 0.2) is 5.84 Å². The Morgan fingerprint density at radius 3 is 2.57 bits per heavy atom. The largest absolute Gasteiger partial charge is 0.409 e. The number of amides is 1. The van der Waals surface area contributed by atoms with Crippen LogP contribution in [0, 0.1) is 5.41 Å². The SMILES string of the molecule is CCCC(CCC)(C(=O)NC(C)c1ncc[nH]1)/C(N)=N/O. The summed E-state index contributed by atoms with van der Waals surface area (Å²) in [6.07, 6.45) is 5.93. The van der Waals surface area contributed by atoms with E-state index in [0.717, 1.165) is 12.8 Å². The van der Waals surface area contributed by atoms with E-state index in [1.165, 1.54) is 0 Å². The minimum atomic E-state index is -0.973. The first kappa shape index (κ1) is 17.0. The Kier molecular flexibility index (Phi) is 6.20. The van der Waals surface area contributed by atoms with E-state index in [4.69, 9.17) is 10.9 Å². The third-order valence-corrected chi connectivity index (χ3v) is 3.66. The van der Waals surface area contributed by atoms with Gasteiger partial charge in [-0.1, -0.05) is 31.8 Å². The molecule has 0 radical (unpaired) electrons. The van der Waals surface area contributed by atoms with Crippen LogP contribution in [0.3, 0.4) is 0 Å². The molecule has 0 aliphatic rings. The number of nitrogens with one attached hydrogen (secondary N) is 2. The zero-order valence-corrected chi connectivity index (χ0v) is 12.9. The monoisotopic (exact) mass is 295 g/mol. The number of aromatic amines is 1. The first-order chi connectivity index (χ1) is 10.0. The van der Waals surface area contributed by atoms with Crippen molar-refractivity contribution in [3.05, 3.63) is 18.2 Å². The topological polar surface area (TPSA) is 116 Å². The molecule has 1 rings (SSSR count). The van der Waals surface area contributed by atoms with E-state index in [1.54, 1.807) is 12.4 Å². The van der Waals surface area contributed by atoms with Crippen molar-refractivity contribution in [3.8, 4) is 0 Å². The molecular weight excluding hydrogens is 270 g/mol. The van der Waals surface area contributed by atoms with Crippen LogP contribution in [-0.2, 0) is 4.79 Å². The molecule has 1 heterocycles. The molecule has 0 aliphatic heterocycles. The Bertz CT molecular complexity index is 464. The van der Waals surface area contributed by atoms with Crippen LogP contribution >= 0.6 is 0 Å². The Hall–Kier alpha value is -2.05. The van der Waals surface area contributed by atoms with Crippen LogP contribution in [0.1, 0.15) is 58.3 Å². The summed E-state index contributed by atoms with van der Waals surface area (Å²) in [6.45, 7) is 5.78. The number of aromatic nitrogens is 2. The Labute approximate surface area is 125 Å². The van der Waals surface area contributed by atoms with Crippen molar-refractivity contribution in [1.82, 2.24) is 15.3 Å². The quantitative estimate of drug-likeness (QED) is 0.254. The number of nitrogens with two attached hydrogens (primary N) is 1. The number of hydrogen-bond acceptors (Lipinski definition) is 4. The normalized spacial score (nSPS) is 14.0. The fraction of sp³-hybridized carbons (Fsp3) is 0.643. The molecule has 0 aliphatic carbocycles. The Morgan fingerprint density at radius 1 is 1.52 bits per heavy atom. The third-order valence-electron chi connectivity index (χ3n) is 3.66. The highest BCUT2D eigenvalue weighted by molar-refractivity contribution is 6.06. The molecule has 1 unspecified atom stereocenters. The molecule has 0 saturated heterocycles. The van der Waals surface area contributed by atoms with Gasteiger partial charge in [-0.05, 0) is 19.8 Å². The molecular formula is C14H25N5O2. The smallest absolute Gasteiger partial charge is 0.234 e. The second-order valence-corrected chi connectivity index (χ2v) is 5.24. The number of nitrogens with zero attached hydrogens (tertiary/aromatic N) is 2. The standard InChI is InChI=1S/C14H25N5O2/c1-4-6-14(7-5-2,12(15)19-21)13(20)18-10(3)11-16-8-9-17-11/h8-10,21H,4-7H2,1-3H3,(H2,15,19)(H,16,17)(H,18,20). The van der Waals surface area contributed by atoms with Gasteiger partial charge in [-0.2, -0.15) is 0 Å². The van der Waals surface area contributed by atoms with Gasteiger partial charge in [-0.3, -0.25) is 4.79 Å². The zero-order chi connectivity index (χ0) is 15.9. The minimum absolute atomic E-state index is 0.0321. The van der Waals surface area contributed by atoms with Crippen LogP contribution in [0.15, 0.2) is 17.5 Å². The van der Waals surface area contributed by atoms with E-state index < -0.39 is 5.41 Å². The molecule has 0 fully saturated rings. The molecule has 1 amide bonds. The number of carbonyl (C=O) groups excluding carboxylic acids is 1. The van der Waals surface area contributed by atoms with Crippen LogP contribution in [0.4, 0.5) is 0 Å². The zero-order valence-electron chi connectivity index (χ0n) is 12.9. The van der Waals surface area contributed by atoms with Crippen molar-refractivity contribution in [3.63, 3.8) is 0 Å². The summed E-state index contributed by atoms with van der Waals surface area (Å²) in [6, 6.07) is -0.271. The van der Waals surface area contributed by atoms with E-state index in [9.17, 15) is 4.79 Å². The molecule has 7 heteroatoms. The Morgan fingerprint density at radius 2 is 2.14 bits per heavy atom. The van der Waals surface area contributed by atoms with Crippen LogP contribution < -0.4 is 11.1 Å². The van der Waals surface area contributed by atoms with Crippen LogP contribution in [0.25, 0.3) is 0 Å². The summed E-state index contributed by atoms with van der Waals surface area (Å²) in [5.41, 5.74) is 4.86. The average molecular weight is 295 g/mol. The number of oxime groups is 1. The summed E-state index contributed by atoms with van der Waals surface area (Å²) in [4.78, 5) is 19.8. The molecule has 5 N–H and O–H groups in total. The van der Waals surface area contributed by atoms with Crippen LogP contribution in [-0.4, -0.2) is 26.9 Å². The van der Waals surface area contributed by atoms with E-state index in [0.29, 0.717) is 18.7 Å². The first-order valence-electron chi connectivity index (χ1n) is 7.30. The predicted molar refractivity (Wildman–Crippen MR) is 80.8 cm³/mol. The molecule has 0 bridgehead atoms. The van der Waals surface area contributed by atoms with Gasteiger partial charge in [0.1, 0.15) is 11.2 Å². The maximum atomic E-state index is 12.7. The molecule has 0 aromatic carbocycles. The molecule has 21 heavy (non-hydrogen) atoms. The lowest BCUT2D eigenvalue weighted by Crippen LogP contribution is -2.50. The summed E-state index contributed by atoms with van der Waals surface area (Å²) < 4.78 is 0. The first-order valence-corrected chi connectivity index (χ1v) is 7.30. The van der Waals surface area contributed by atoms with E-state index in [-0.39, 0.29) is 17.8 Å². The molecule has 118 valence electrons. The highest BCUT2D eigenvalue weighted by Gasteiger charge is 2.42. The fourth-order valence-electron chi connectivity index (χ4n) is 2.59. The maximum Gasteiger partial charge on any atom is 0.234 e. The van der Waals surface area contributed by atoms with Gasteiger partial charge in [0.25, 0.3) is 0 Å². The van der Waals surface area contributed by atoms with Gasteiger partial charge in [0, 0.05) is 12.4 Å². The van der Waals surface area contributed by atoms with Gasteiger partial charge >= 0.3 is 0 Å². The number of carbonyl (C=O) groups is 1. The van der Waals surface area contributed by atoms with Crippen molar-refractivity contribution in [2.75, 3.05) is 0 Å². The molecule has 1 atom stereocenters. The molecule has 7 nitrogen and oxygen atoms in total. The highest BCUT2D eigenvalue weighted by atomic mass is 16.4. The number of hydrogen-bond donors (Lipinski definition) is 4. The van der Waals surface area contributed by atoms with Crippen molar-refractivity contribution >= 4 is 11.7 Å². The summed E-state index contributed by atoms with van der Waals surface area (Å²) in [7, 11) is 0. The van der Waals surface area contributed by atoms with Crippen molar-refractivity contribution in [2.45, 2.75) is 52.5 Å². The average Bonchev–Trinajstić information content (AvgIpc) is 3.00. The summed E-state index contributed by atoms with van der Waals surface area (Å²) >= 11 is 0. The van der Waals surface area contributed by atoms with Crippen LogP contribution in [0.2, 0.25) is 0 Å². The van der Waals surface area contributed by atoms with E-state index in [1.807, 2.05) is 20.8 Å².